The summed E-state index contributed by atoms with van der Waals surface area (Å²) < 4.78 is 0. The minimum absolute atomic E-state index is 0.0153. The molecule has 3 aromatic heterocycles. The third kappa shape index (κ3) is 4.31. The number of anilines is 1. The molecule has 1 fully saturated rings. The zero-order chi connectivity index (χ0) is 18.5. The monoisotopic (exact) mass is 379 g/mol. The van der Waals surface area contributed by atoms with Crippen molar-refractivity contribution in [1.29, 1.82) is 0 Å². The molecule has 0 radical (unpaired) electrons. The number of carbonyl (C=O) groups excluding carboxylic acids is 1. The molecule has 1 unspecified atom stereocenters. The van der Waals surface area contributed by atoms with Gasteiger partial charge in [-0.1, -0.05) is 6.07 Å². The topological polar surface area (TPSA) is 71.0 Å². The van der Waals surface area contributed by atoms with Crippen LogP contribution in [0.15, 0.2) is 54.2 Å². The standard InChI is InChI=1S/C20H21N5OS/c26-20(22-13-17-6-3-11-27-17)16-5-2-10-25(14-16)19-8-7-18(23-24-19)15-4-1-9-21-12-15/h1,3-4,6-9,11-12,16H,2,5,10,13-14H2,(H,22,26). The second kappa shape index (κ2) is 8.26. The van der Waals surface area contributed by atoms with E-state index in [4.69, 9.17) is 0 Å². The number of hydrogen-bond acceptors (Lipinski definition) is 6. The van der Waals surface area contributed by atoms with Gasteiger partial charge in [-0.05, 0) is 48.6 Å². The van der Waals surface area contributed by atoms with Crippen LogP contribution >= 0.6 is 11.3 Å². The van der Waals surface area contributed by atoms with Crippen molar-refractivity contribution in [1.82, 2.24) is 20.5 Å². The van der Waals surface area contributed by atoms with E-state index in [0.29, 0.717) is 13.1 Å². The molecule has 0 aliphatic carbocycles. The molecular formula is C20H21N5OS. The Hall–Kier alpha value is -2.80. The number of piperidine rings is 1. The number of hydrogen-bond donors (Lipinski definition) is 1. The molecular weight excluding hydrogens is 358 g/mol. The Kier molecular flexibility index (Phi) is 5.39. The molecule has 1 aliphatic rings. The lowest BCUT2D eigenvalue weighted by atomic mass is 9.97. The number of nitrogens with one attached hydrogen (secondary N) is 1. The average molecular weight is 379 g/mol. The molecule has 138 valence electrons. The molecule has 1 aliphatic heterocycles. The van der Waals surface area contributed by atoms with Gasteiger partial charge in [-0.25, -0.2) is 0 Å². The van der Waals surface area contributed by atoms with Crippen LogP contribution in [0, 0.1) is 5.92 Å². The highest BCUT2D eigenvalue weighted by Gasteiger charge is 2.26. The number of pyridine rings is 1. The van der Waals surface area contributed by atoms with Crippen molar-refractivity contribution in [2.45, 2.75) is 19.4 Å². The van der Waals surface area contributed by atoms with Gasteiger partial charge in [0.1, 0.15) is 0 Å². The first-order chi connectivity index (χ1) is 13.3. The average Bonchev–Trinajstić information content (AvgIpc) is 3.27. The lowest BCUT2D eigenvalue weighted by Gasteiger charge is -2.32. The molecule has 7 heteroatoms. The predicted octanol–water partition coefficient (Wildman–Crippen LogP) is 3.13. The maximum Gasteiger partial charge on any atom is 0.225 e. The van der Waals surface area contributed by atoms with E-state index in [1.807, 2.05) is 41.8 Å². The van der Waals surface area contributed by atoms with Gasteiger partial charge in [0.2, 0.25) is 5.91 Å². The molecule has 1 atom stereocenters. The van der Waals surface area contributed by atoms with Gasteiger partial charge in [-0.15, -0.1) is 21.5 Å². The van der Waals surface area contributed by atoms with Crippen LogP contribution in [0.25, 0.3) is 11.3 Å². The summed E-state index contributed by atoms with van der Waals surface area (Å²) in [6.45, 7) is 2.18. The van der Waals surface area contributed by atoms with Gasteiger partial charge in [-0.2, -0.15) is 0 Å². The Morgan fingerprint density at radius 2 is 2.19 bits per heavy atom. The third-order valence-corrected chi connectivity index (χ3v) is 5.62. The molecule has 1 amide bonds. The molecule has 27 heavy (non-hydrogen) atoms. The van der Waals surface area contributed by atoms with Crippen LogP contribution in [0.5, 0.6) is 0 Å². The Bertz CT molecular complexity index is 867. The number of carbonyl (C=O) groups is 1. The van der Waals surface area contributed by atoms with Gasteiger partial charge in [0.15, 0.2) is 5.82 Å². The van der Waals surface area contributed by atoms with Gasteiger partial charge < -0.3 is 10.2 Å². The lowest BCUT2D eigenvalue weighted by molar-refractivity contribution is -0.125. The Morgan fingerprint density at radius 3 is 2.93 bits per heavy atom. The van der Waals surface area contributed by atoms with E-state index in [1.54, 1.807) is 23.7 Å². The smallest absolute Gasteiger partial charge is 0.225 e. The van der Waals surface area contributed by atoms with Crippen molar-refractivity contribution >= 4 is 23.1 Å². The molecule has 0 bridgehead atoms. The summed E-state index contributed by atoms with van der Waals surface area (Å²) in [5.41, 5.74) is 1.75. The van der Waals surface area contributed by atoms with Crippen molar-refractivity contribution in [2.75, 3.05) is 18.0 Å². The molecule has 6 nitrogen and oxygen atoms in total. The first-order valence-electron chi connectivity index (χ1n) is 9.09. The van der Waals surface area contributed by atoms with Crippen molar-refractivity contribution in [3.8, 4) is 11.3 Å². The maximum absolute atomic E-state index is 12.5. The number of rotatable bonds is 5. The van der Waals surface area contributed by atoms with E-state index >= 15 is 0 Å². The highest BCUT2D eigenvalue weighted by atomic mass is 32.1. The van der Waals surface area contributed by atoms with E-state index in [2.05, 4.69) is 25.4 Å². The van der Waals surface area contributed by atoms with Gasteiger partial charge in [-0.3, -0.25) is 9.78 Å². The normalized spacial score (nSPS) is 16.9. The van der Waals surface area contributed by atoms with Crippen LogP contribution in [-0.4, -0.2) is 34.2 Å². The summed E-state index contributed by atoms with van der Waals surface area (Å²) >= 11 is 1.66. The van der Waals surface area contributed by atoms with Crippen LogP contribution in [0.2, 0.25) is 0 Å². The van der Waals surface area contributed by atoms with Crippen molar-refractivity contribution in [3.63, 3.8) is 0 Å². The van der Waals surface area contributed by atoms with Gasteiger partial charge >= 0.3 is 0 Å². The molecule has 1 saturated heterocycles. The number of nitrogens with zero attached hydrogens (tertiary/aromatic N) is 4. The molecule has 0 saturated carbocycles. The summed E-state index contributed by atoms with van der Waals surface area (Å²) in [4.78, 5) is 20.0. The Morgan fingerprint density at radius 1 is 1.22 bits per heavy atom. The summed E-state index contributed by atoms with van der Waals surface area (Å²) in [6, 6.07) is 11.8. The number of thiophene rings is 1. The SMILES string of the molecule is O=C(NCc1cccs1)C1CCCN(c2ccc(-c3cccnc3)nn2)C1. The summed E-state index contributed by atoms with van der Waals surface area (Å²) in [7, 11) is 0. The first-order valence-corrected chi connectivity index (χ1v) is 9.97. The van der Waals surface area contributed by atoms with Crippen LogP contribution < -0.4 is 10.2 Å². The largest absolute Gasteiger partial charge is 0.354 e. The molecule has 4 heterocycles. The predicted molar refractivity (Wildman–Crippen MR) is 106 cm³/mol. The molecule has 3 aromatic rings. The summed E-state index contributed by atoms with van der Waals surface area (Å²) in [6.07, 6.45) is 5.40. The fraction of sp³-hybridized carbons (Fsp3) is 0.300. The zero-order valence-electron chi connectivity index (χ0n) is 14.9. The Balaban J connectivity index is 1.38. The van der Waals surface area contributed by atoms with Gasteiger partial charge in [0, 0.05) is 35.9 Å². The number of aromatic nitrogens is 3. The summed E-state index contributed by atoms with van der Waals surface area (Å²) in [5.74, 6) is 0.921. The van der Waals surface area contributed by atoms with Crippen molar-refractivity contribution in [3.05, 3.63) is 59.0 Å². The van der Waals surface area contributed by atoms with Crippen LogP contribution in [0.3, 0.4) is 0 Å². The highest BCUT2D eigenvalue weighted by Crippen LogP contribution is 2.23. The third-order valence-electron chi connectivity index (χ3n) is 4.74. The van der Waals surface area contributed by atoms with Crippen molar-refractivity contribution in [2.24, 2.45) is 5.92 Å². The van der Waals surface area contributed by atoms with Gasteiger partial charge in [0.25, 0.3) is 0 Å². The number of amides is 1. The van der Waals surface area contributed by atoms with Crippen LogP contribution in [0.1, 0.15) is 17.7 Å². The zero-order valence-corrected chi connectivity index (χ0v) is 15.7. The van der Waals surface area contributed by atoms with E-state index in [0.717, 1.165) is 36.5 Å². The lowest BCUT2D eigenvalue weighted by Crippen LogP contribution is -2.43. The minimum Gasteiger partial charge on any atom is -0.354 e. The highest BCUT2D eigenvalue weighted by molar-refractivity contribution is 7.09. The van der Waals surface area contributed by atoms with E-state index in [-0.39, 0.29) is 11.8 Å². The van der Waals surface area contributed by atoms with E-state index in [9.17, 15) is 4.79 Å². The molecule has 0 aromatic carbocycles. The second-order valence-electron chi connectivity index (χ2n) is 6.60. The van der Waals surface area contributed by atoms with E-state index < -0.39 is 0 Å². The second-order valence-corrected chi connectivity index (χ2v) is 7.63. The quantitative estimate of drug-likeness (QED) is 0.737. The van der Waals surface area contributed by atoms with Crippen molar-refractivity contribution < 1.29 is 4.79 Å². The van der Waals surface area contributed by atoms with Crippen LogP contribution in [0.4, 0.5) is 5.82 Å². The van der Waals surface area contributed by atoms with Gasteiger partial charge in [0.05, 0.1) is 18.2 Å². The van der Waals surface area contributed by atoms with Crippen LogP contribution in [-0.2, 0) is 11.3 Å². The minimum atomic E-state index is -0.0153. The first kappa shape index (κ1) is 17.6. The maximum atomic E-state index is 12.5. The summed E-state index contributed by atoms with van der Waals surface area (Å²) in [5, 5.41) is 13.8. The molecule has 0 spiro atoms. The fourth-order valence-corrected chi connectivity index (χ4v) is 3.94. The molecule has 1 N–H and O–H groups in total. The fourth-order valence-electron chi connectivity index (χ4n) is 3.29. The molecule has 4 rings (SSSR count). The Labute approximate surface area is 162 Å². The van der Waals surface area contributed by atoms with E-state index in [1.165, 1.54) is 4.88 Å².